The second-order valence-electron chi connectivity index (χ2n) is 2.17. The van der Waals surface area contributed by atoms with Gasteiger partial charge in [0.05, 0.1) is 0 Å². The van der Waals surface area contributed by atoms with Gasteiger partial charge >= 0.3 is 15.4 Å². The van der Waals surface area contributed by atoms with Gasteiger partial charge in [-0.1, -0.05) is 0 Å². The number of hydrogen-bond acceptors (Lipinski definition) is 5. The summed E-state index contributed by atoms with van der Waals surface area (Å²) in [5.74, 6) is -1.87. The van der Waals surface area contributed by atoms with Crippen molar-refractivity contribution in [3.05, 3.63) is 0 Å². The van der Waals surface area contributed by atoms with E-state index in [0.29, 0.717) is 0 Å². The van der Waals surface area contributed by atoms with Crippen LogP contribution < -0.4 is 5.32 Å². The van der Waals surface area contributed by atoms with Gasteiger partial charge in [-0.05, 0) is 7.05 Å². The van der Waals surface area contributed by atoms with E-state index in [4.69, 9.17) is 19.8 Å². The van der Waals surface area contributed by atoms with Crippen molar-refractivity contribution in [2.45, 2.75) is 5.85 Å². The monoisotopic (exact) mass is 235 g/mol. The second kappa shape index (κ2) is 4.63. The van der Waals surface area contributed by atoms with Gasteiger partial charge in [0.2, 0.25) is 0 Å². The Morgan fingerprint density at radius 1 is 1.38 bits per heavy atom. The average Bonchev–Trinajstić information content (AvgIpc) is 1.82. The predicted molar refractivity (Wildman–Crippen MR) is 42.9 cm³/mol. The normalized spacial score (nSPS) is 19.5. The molecule has 0 bridgehead atoms. The minimum atomic E-state index is -5.07. The maximum atomic E-state index is 10.9. The number of nitrogens with one attached hydrogen (secondary N) is 1. The van der Waals surface area contributed by atoms with Crippen LogP contribution in [0.25, 0.3) is 0 Å². The molecule has 0 spiro atoms. The molecule has 0 aliphatic rings. The molecule has 0 aromatic heterocycles. The molecule has 0 saturated heterocycles. The summed E-state index contributed by atoms with van der Waals surface area (Å²) in [6, 6.07) is 0. The van der Waals surface area contributed by atoms with E-state index in [1.54, 1.807) is 0 Å². The molecule has 0 heterocycles. The molecule has 0 fully saturated rings. The first-order chi connectivity index (χ1) is 5.69. The van der Waals surface area contributed by atoms with Crippen LogP contribution in [0.2, 0.25) is 0 Å². The summed E-state index contributed by atoms with van der Waals surface area (Å²) in [7, 11) is -8.37. The Kier molecular flexibility index (Phi) is 4.71. The largest absolute Gasteiger partial charge is 0.476 e. The minimum Gasteiger partial charge on any atom is -0.379 e. The first kappa shape index (κ1) is 13.2. The molecule has 2 unspecified atom stereocenters. The highest BCUT2D eigenvalue weighted by molar-refractivity contribution is 7.63. The van der Waals surface area contributed by atoms with E-state index in [1.165, 1.54) is 7.05 Å². The molecule has 10 heteroatoms. The average molecular weight is 235 g/mol. The number of aliphatic hydroxyl groups is 1. The number of phosphoric acid groups is 1. The van der Waals surface area contributed by atoms with Crippen molar-refractivity contribution < 1.29 is 33.2 Å². The summed E-state index contributed by atoms with van der Waals surface area (Å²) in [6.45, 7) is -0.312. The molecule has 0 radical (unpaired) electrons. The third-order valence-electron chi connectivity index (χ3n) is 0.987. The SMILES string of the molecule is CNCC(O)P(=O)(O)OP(=O)(O)O. The zero-order valence-corrected chi connectivity index (χ0v) is 8.48. The third-order valence-corrected chi connectivity index (χ3v) is 3.71. The Balaban J connectivity index is 4.40. The fourth-order valence-corrected chi connectivity index (χ4v) is 2.57. The van der Waals surface area contributed by atoms with Gasteiger partial charge in [-0.25, -0.2) is 8.88 Å². The van der Waals surface area contributed by atoms with Crippen molar-refractivity contribution in [2.24, 2.45) is 0 Å². The Morgan fingerprint density at radius 2 is 1.85 bits per heavy atom. The molecule has 0 saturated carbocycles. The van der Waals surface area contributed by atoms with Crippen LogP contribution in [0.3, 0.4) is 0 Å². The molecule has 0 amide bonds. The molecular weight excluding hydrogens is 224 g/mol. The van der Waals surface area contributed by atoms with Crippen molar-refractivity contribution in [1.29, 1.82) is 0 Å². The van der Waals surface area contributed by atoms with Gasteiger partial charge in [-0.2, -0.15) is 0 Å². The Bertz CT molecular complexity index is 248. The van der Waals surface area contributed by atoms with Gasteiger partial charge < -0.3 is 25.1 Å². The first-order valence-corrected chi connectivity index (χ1v) is 6.29. The maximum Gasteiger partial charge on any atom is 0.476 e. The number of rotatable bonds is 5. The number of aliphatic hydroxyl groups excluding tert-OH is 1. The minimum absolute atomic E-state index is 0.312. The summed E-state index contributed by atoms with van der Waals surface area (Å²) in [4.78, 5) is 25.2. The topological polar surface area (TPSA) is 136 Å². The quantitative estimate of drug-likeness (QED) is 0.375. The molecule has 80 valence electrons. The lowest BCUT2D eigenvalue weighted by Crippen LogP contribution is -2.23. The summed E-state index contributed by atoms with van der Waals surface area (Å²) in [5, 5.41) is 11.2. The zero-order valence-electron chi connectivity index (χ0n) is 6.69. The molecule has 13 heavy (non-hydrogen) atoms. The van der Waals surface area contributed by atoms with Crippen LogP contribution in [-0.2, 0) is 13.4 Å². The van der Waals surface area contributed by atoms with E-state index in [2.05, 4.69) is 9.63 Å². The van der Waals surface area contributed by atoms with Gasteiger partial charge in [0, 0.05) is 6.54 Å². The van der Waals surface area contributed by atoms with Crippen LogP contribution in [0, 0.1) is 0 Å². The first-order valence-electron chi connectivity index (χ1n) is 3.11. The summed E-state index contributed by atoms with van der Waals surface area (Å²) >= 11 is 0. The van der Waals surface area contributed by atoms with Crippen molar-refractivity contribution >= 4 is 15.4 Å². The van der Waals surface area contributed by atoms with Gasteiger partial charge in [0.25, 0.3) is 0 Å². The molecule has 0 aliphatic carbocycles. The smallest absolute Gasteiger partial charge is 0.379 e. The third kappa shape index (κ3) is 5.51. The highest BCUT2D eigenvalue weighted by Gasteiger charge is 2.37. The van der Waals surface area contributed by atoms with Crippen LogP contribution in [0.5, 0.6) is 0 Å². The van der Waals surface area contributed by atoms with Crippen LogP contribution >= 0.6 is 15.4 Å². The van der Waals surface area contributed by atoms with Gasteiger partial charge in [-0.3, -0.25) is 4.57 Å². The fraction of sp³-hybridized carbons (Fsp3) is 1.00. The van der Waals surface area contributed by atoms with Crippen molar-refractivity contribution in [3.8, 4) is 0 Å². The molecule has 0 aliphatic heterocycles. The number of likely N-dealkylation sites (N-methyl/N-ethyl adjacent to an activating group) is 1. The van der Waals surface area contributed by atoms with Crippen LogP contribution in [-0.4, -0.2) is 39.2 Å². The van der Waals surface area contributed by atoms with E-state index in [-0.39, 0.29) is 6.54 Å². The zero-order chi connectivity index (χ0) is 10.7. The van der Waals surface area contributed by atoms with Gasteiger partial charge in [-0.15, -0.1) is 0 Å². The second-order valence-corrected chi connectivity index (χ2v) is 5.53. The van der Waals surface area contributed by atoms with Gasteiger partial charge in [0.15, 0.2) is 5.85 Å². The van der Waals surface area contributed by atoms with Crippen molar-refractivity contribution in [1.82, 2.24) is 5.32 Å². The highest BCUT2D eigenvalue weighted by atomic mass is 31.3. The van der Waals surface area contributed by atoms with E-state index >= 15 is 0 Å². The molecule has 0 rings (SSSR count). The van der Waals surface area contributed by atoms with Crippen molar-refractivity contribution in [2.75, 3.05) is 13.6 Å². The summed E-state index contributed by atoms with van der Waals surface area (Å²) in [5.41, 5.74) is 0. The van der Waals surface area contributed by atoms with E-state index < -0.39 is 21.3 Å². The lowest BCUT2D eigenvalue weighted by Gasteiger charge is -2.17. The molecular formula is C3H11NO7P2. The lowest BCUT2D eigenvalue weighted by molar-refractivity contribution is 0.189. The lowest BCUT2D eigenvalue weighted by atomic mass is 10.7. The van der Waals surface area contributed by atoms with Crippen molar-refractivity contribution in [3.63, 3.8) is 0 Å². The van der Waals surface area contributed by atoms with Crippen LogP contribution in [0.1, 0.15) is 0 Å². The van der Waals surface area contributed by atoms with E-state index in [0.717, 1.165) is 0 Å². The molecule has 5 N–H and O–H groups in total. The maximum absolute atomic E-state index is 10.9. The Labute approximate surface area is 74.3 Å². The summed E-state index contributed by atoms with van der Waals surface area (Å²) in [6.07, 6.45) is 0. The number of hydrogen-bond donors (Lipinski definition) is 5. The standard InChI is InChI=1S/C3H11NO7P2/c1-4-2-3(5)12(6,7)11-13(8,9)10/h3-5H,2H2,1H3,(H,6,7)(H2,8,9,10). The molecule has 2 atom stereocenters. The van der Waals surface area contributed by atoms with E-state index in [1.807, 2.05) is 0 Å². The molecule has 0 aromatic carbocycles. The molecule has 8 nitrogen and oxygen atoms in total. The van der Waals surface area contributed by atoms with E-state index in [9.17, 15) is 9.13 Å². The highest BCUT2D eigenvalue weighted by Crippen LogP contribution is 2.58. The van der Waals surface area contributed by atoms with Crippen LogP contribution in [0.15, 0.2) is 0 Å². The van der Waals surface area contributed by atoms with Gasteiger partial charge in [0.1, 0.15) is 0 Å². The van der Waals surface area contributed by atoms with Crippen LogP contribution in [0.4, 0.5) is 0 Å². The Morgan fingerprint density at radius 3 is 2.15 bits per heavy atom. The Hall–Kier alpha value is 0.220. The summed E-state index contributed by atoms with van der Waals surface area (Å²) < 4.78 is 24.6. The fourth-order valence-electron chi connectivity index (χ4n) is 0.505. The predicted octanol–water partition coefficient (Wildman–Crippen LogP) is -1.18. The molecule has 0 aromatic rings.